The van der Waals surface area contributed by atoms with Crippen molar-refractivity contribution in [3.05, 3.63) is 35.9 Å². The molecule has 0 spiro atoms. The molecule has 1 aromatic carbocycles. The predicted molar refractivity (Wildman–Crippen MR) is 77.7 cm³/mol. The van der Waals surface area contributed by atoms with Crippen LogP contribution in [0.15, 0.2) is 30.3 Å². The Bertz CT molecular complexity index is 354. The van der Waals surface area contributed by atoms with E-state index in [9.17, 15) is 4.79 Å². The summed E-state index contributed by atoms with van der Waals surface area (Å²) in [6.45, 7) is 5.78. The molecule has 0 aliphatic rings. The van der Waals surface area contributed by atoms with Crippen LogP contribution in [0.3, 0.4) is 0 Å². The van der Waals surface area contributed by atoms with Gasteiger partial charge in [0.05, 0.1) is 6.04 Å². The second kappa shape index (κ2) is 8.11. The first-order valence-corrected chi connectivity index (χ1v) is 6.17. The number of halogens is 1. The van der Waals surface area contributed by atoms with Gasteiger partial charge in [0.15, 0.2) is 0 Å². The van der Waals surface area contributed by atoms with E-state index in [0.717, 1.165) is 12.0 Å². The Morgan fingerprint density at radius 1 is 1.28 bits per heavy atom. The summed E-state index contributed by atoms with van der Waals surface area (Å²) in [6, 6.07) is 9.96. The first-order valence-electron chi connectivity index (χ1n) is 6.17. The zero-order valence-electron chi connectivity index (χ0n) is 11.2. The fourth-order valence-electron chi connectivity index (χ4n) is 1.65. The van der Waals surface area contributed by atoms with Crippen LogP contribution in [-0.2, 0) is 4.79 Å². The van der Waals surface area contributed by atoms with E-state index in [1.54, 1.807) is 0 Å². The van der Waals surface area contributed by atoms with Crippen LogP contribution in [-0.4, -0.2) is 11.9 Å². The molecule has 3 N–H and O–H groups in total. The van der Waals surface area contributed by atoms with E-state index in [4.69, 9.17) is 5.73 Å². The van der Waals surface area contributed by atoms with Gasteiger partial charge in [-0.05, 0) is 18.9 Å². The summed E-state index contributed by atoms with van der Waals surface area (Å²) in [5, 5.41) is 3.05. The van der Waals surface area contributed by atoms with Crippen LogP contribution in [0.1, 0.15) is 38.8 Å². The Kier molecular flexibility index (Phi) is 7.64. The molecule has 18 heavy (non-hydrogen) atoms. The van der Waals surface area contributed by atoms with Crippen molar-refractivity contribution in [1.82, 2.24) is 5.32 Å². The number of nitrogens with two attached hydrogens (primary N) is 1. The van der Waals surface area contributed by atoms with E-state index in [1.807, 2.05) is 44.2 Å². The highest BCUT2D eigenvalue weighted by molar-refractivity contribution is 5.85. The lowest BCUT2D eigenvalue weighted by Crippen LogP contribution is -2.40. The Morgan fingerprint density at radius 3 is 2.28 bits per heavy atom. The first kappa shape index (κ1) is 16.9. The second-order valence-corrected chi connectivity index (χ2v) is 4.53. The SMILES string of the molecule is CCC(NC(=O)C(C)C(C)N)c1ccccc1.Cl. The number of carbonyl (C=O) groups is 1. The fraction of sp³-hybridized carbons (Fsp3) is 0.500. The Morgan fingerprint density at radius 2 is 1.83 bits per heavy atom. The fourth-order valence-corrected chi connectivity index (χ4v) is 1.65. The molecule has 0 radical (unpaired) electrons. The maximum Gasteiger partial charge on any atom is 0.224 e. The molecular weight excluding hydrogens is 248 g/mol. The molecule has 0 bridgehead atoms. The minimum absolute atomic E-state index is 0. The molecule has 4 heteroatoms. The van der Waals surface area contributed by atoms with Crippen molar-refractivity contribution in [1.29, 1.82) is 0 Å². The van der Waals surface area contributed by atoms with Gasteiger partial charge >= 0.3 is 0 Å². The summed E-state index contributed by atoms with van der Waals surface area (Å²) in [4.78, 5) is 11.9. The van der Waals surface area contributed by atoms with E-state index in [-0.39, 0.29) is 36.3 Å². The van der Waals surface area contributed by atoms with E-state index < -0.39 is 0 Å². The quantitative estimate of drug-likeness (QED) is 0.864. The molecule has 3 atom stereocenters. The highest BCUT2D eigenvalue weighted by atomic mass is 35.5. The minimum atomic E-state index is -0.159. The van der Waals surface area contributed by atoms with Crippen LogP contribution < -0.4 is 11.1 Å². The van der Waals surface area contributed by atoms with Crippen molar-refractivity contribution in [2.75, 3.05) is 0 Å². The van der Waals surface area contributed by atoms with E-state index in [0.29, 0.717) is 0 Å². The normalized spacial score (nSPS) is 15.1. The molecule has 0 heterocycles. The van der Waals surface area contributed by atoms with Crippen molar-refractivity contribution in [3.8, 4) is 0 Å². The van der Waals surface area contributed by atoms with Gasteiger partial charge in [-0.2, -0.15) is 0 Å². The number of nitrogens with one attached hydrogen (secondary N) is 1. The maximum atomic E-state index is 11.9. The second-order valence-electron chi connectivity index (χ2n) is 4.53. The van der Waals surface area contributed by atoms with Crippen LogP contribution in [0, 0.1) is 5.92 Å². The third kappa shape index (κ3) is 4.67. The van der Waals surface area contributed by atoms with Gasteiger partial charge in [-0.1, -0.05) is 44.2 Å². The molecule has 1 rings (SSSR count). The molecule has 0 aliphatic carbocycles. The average molecular weight is 271 g/mol. The molecule has 0 saturated carbocycles. The summed E-state index contributed by atoms with van der Waals surface area (Å²) in [5.41, 5.74) is 6.87. The van der Waals surface area contributed by atoms with E-state index >= 15 is 0 Å². The van der Waals surface area contributed by atoms with Crippen LogP contribution >= 0.6 is 12.4 Å². The Hall–Kier alpha value is -1.06. The smallest absolute Gasteiger partial charge is 0.224 e. The van der Waals surface area contributed by atoms with Crippen molar-refractivity contribution in [2.24, 2.45) is 11.7 Å². The Balaban J connectivity index is 0.00000289. The first-order chi connectivity index (χ1) is 8.06. The van der Waals surface area contributed by atoms with Crippen molar-refractivity contribution in [2.45, 2.75) is 39.3 Å². The summed E-state index contributed by atoms with van der Waals surface area (Å²) in [6.07, 6.45) is 0.876. The number of carbonyl (C=O) groups excluding carboxylic acids is 1. The van der Waals surface area contributed by atoms with Crippen molar-refractivity contribution in [3.63, 3.8) is 0 Å². The molecule has 102 valence electrons. The Labute approximate surface area is 116 Å². The van der Waals surface area contributed by atoms with Gasteiger partial charge in [0.25, 0.3) is 0 Å². The molecule has 0 fully saturated rings. The zero-order valence-corrected chi connectivity index (χ0v) is 12.0. The summed E-state index contributed by atoms with van der Waals surface area (Å²) in [7, 11) is 0. The summed E-state index contributed by atoms with van der Waals surface area (Å²) < 4.78 is 0. The molecule has 3 unspecified atom stereocenters. The van der Waals surface area contributed by atoms with Crippen molar-refractivity contribution < 1.29 is 4.79 Å². The third-order valence-corrected chi connectivity index (χ3v) is 3.13. The lowest BCUT2D eigenvalue weighted by Gasteiger charge is -2.21. The lowest BCUT2D eigenvalue weighted by atomic mass is 10.0. The zero-order chi connectivity index (χ0) is 12.8. The van der Waals surface area contributed by atoms with Crippen LogP contribution in [0.25, 0.3) is 0 Å². The largest absolute Gasteiger partial charge is 0.349 e. The van der Waals surface area contributed by atoms with Gasteiger partial charge in [-0.25, -0.2) is 0 Å². The van der Waals surface area contributed by atoms with Gasteiger partial charge in [0.1, 0.15) is 0 Å². The summed E-state index contributed by atoms with van der Waals surface area (Å²) >= 11 is 0. The number of hydrogen-bond donors (Lipinski definition) is 2. The molecule has 0 aromatic heterocycles. The standard InChI is InChI=1S/C14H22N2O.ClH/c1-4-13(12-8-6-5-7-9-12)16-14(17)10(2)11(3)15;/h5-11,13H,4,15H2,1-3H3,(H,16,17);1H. The molecule has 0 aliphatic heterocycles. The topological polar surface area (TPSA) is 55.1 Å². The molecular formula is C14H23ClN2O. The number of benzene rings is 1. The van der Waals surface area contributed by atoms with E-state index in [2.05, 4.69) is 12.2 Å². The van der Waals surface area contributed by atoms with Crippen molar-refractivity contribution >= 4 is 18.3 Å². The van der Waals surface area contributed by atoms with Gasteiger partial charge in [0.2, 0.25) is 5.91 Å². The molecule has 0 saturated heterocycles. The van der Waals surface area contributed by atoms with Gasteiger partial charge in [0, 0.05) is 12.0 Å². The van der Waals surface area contributed by atoms with E-state index in [1.165, 1.54) is 0 Å². The number of rotatable bonds is 5. The highest BCUT2D eigenvalue weighted by Gasteiger charge is 2.20. The lowest BCUT2D eigenvalue weighted by molar-refractivity contribution is -0.125. The van der Waals surface area contributed by atoms with Gasteiger partial charge in [-0.3, -0.25) is 4.79 Å². The molecule has 1 amide bonds. The van der Waals surface area contributed by atoms with Crippen LogP contribution in [0.5, 0.6) is 0 Å². The van der Waals surface area contributed by atoms with Gasteiger partial charge < -0.3 is 11.1 Å². The predicted octanol–water partition coefficient (Wildman–Crippen LogP) is 2.66. The maximum absolute atomic E-state index is 11.9. The summed E-state index contributed by atoms with van der Waals surface area (Å²) in [5.74, 6) is -0.136. The molecule has 1 aromatic rings. The average Bonchev–Trinajstić information content (AvgIpc) is 2.35. The van der Waals surface area contributed by atoms with Crippen LogP contribution in [0.2, 0.25) is 0 Å². The molecule has 3 nitrogen and oxygen atoms in total. The third-order valence-electron chi connectivity index (χ3n) is 3.13. The highest BCUT2D eigenvalue weighted by Crippen LogP contribution is 2.16. The number of amides is 1. The monoisotopic (exact) mass is 270 g/mol. The minimum Gasteiger partial charge on any atom is -0.349 e. The van der Waals surface area contributed by atoms with Gasteiger partial charge in [-0.15, -0.1) is 12.4 Å². The van der Waals surface area contributed by atoms with Crippen LogP contribution in [0.4, 0.5) is 0 Å². The number of hydrogen-bond acceptors (Lipinski definition) is 2.